The summed E-state index contributed by atoms with van der Waals surface area (Å²) in [7, 11) is 0. The summed E-state index contributed by atoms with van der Waals surface area (Å²) in [4.78, 5) is 12.1. The van der Waals surface area contributed by atoms with E-state index in [0.717, 1.165) is 25.2 Å². The minimum atomic E-state index is -0.135. The van der Waals surface area contributed by atoms with Crippen LogP contribution in [0.2, 0.25) is 0 Å². The quantitative estimate of drug-likeness (QED) is 0.828. The highest BCUT2D eigenvalue weighted by atomic mass is 16.6. The fourth-order valence-electron chi connectivity index (χ4n) is 5.87. The van der Waals surface area contributed by atoms with E-state index in [1.54, 1.807) is 0 Å². The van der Waals surface area contributed by atoms with Gasteiger partial charge in [-0.2, -0.15) is 0 Å². The van der Waals surface area contributed by atoms with Crippen molar-refractivity contribution in [1.82, 2.24) is 5.32 Å². The molecular formula is C17H27NO2. The zero-order chi connectivity index (χ0) is 13.6. The largest absolute Gasteiger partial charge is 0.446 e. The predicted octanol–water partition coefficient (Wildman–Crippen LogP) is 4.01. The summed E-state index contributed by atoms with van der Waals surface area (Å²) in [5.41, 5.74) is 0.570. The molecule has 0 aromatic rings. The summed E-state index contributed by atoms with van der Waals surface area (Å²) in [5.74, 6) is 1.55. The number of hydrogen-bond acceptors (Lipinski definition) is 2. The highest BCUT2D eigenvalue weighted by molar-refractivity contribution is 5.68. The molecule has 4 atom stereocenters. The third-order valence-corrected chi connectivity index (χ3v) is 6.74. The van der Waals surface area contributed by atoms with Gasteiger partial charge in [0.05, 0.1) is 0 Å². The Hall–Kier alpha value is -0.730. The molecule has 4 saturated carbocycles. The van der Waals surface area contributed by atoms with Crippen LogP contribution >= 0.6 is 0 Å². The van der Waals surface area contributed by atoms with E-state index in [2.05, 4.69) is 5.32 Å². The predicted molar refractivity (Wildman–Crippen MR) is 77.4 cm³/mol. The van der Waals surface area contributed by atoms with Gasteiger partial charge in [0.1, 0.15) is 6.10 Å². The smallest absolute Gasteiger partial charge is 0.407 e. The number of amides is 1. The van der Waals surface area contributed by atoms with Crippen molar-refractivity contribution in [3.8, 4) is 0 Å². The molecule has 4 fully saturated rings. The summed E-state index contributed by atoms with van der Waals surface area (Å²) in [6, 6.07) is 0.368. The van der Waals surface area contributed by atoms with Crippen LogP contribution in [0.3, 0.4) is 0 Å². The van der Waals surface area contributed by atoms with E-state index in [4.69, 9.17) is 4.74 Å². The Kier molecular flexibility index (Phi) is 3.19. The van der Waals surface area contributed by atoms with Crippen molar-refractivity contribution < 1.29 is 9.53 Å². The molecule has 0 aliphatic heterocycles. The maximum atomic E-state index is 12.1. The minimum Gasteiger partial charge on any atom is -0.446 e. The van der Waals surface area contributed by atoms with E-state index in [0.29, 0.717) is 17.4 Å². The molecule has 0 saturated heterocycles. The Labute approximate surface area is 121 Å². The number of nitrogens with one attached hydrogen (secondary N) is 1. The number of ether oxygens (including phenoxy) is 1. The lowest BCUT2D eigenvalue weighted by atomic mass is 9.80. The second-order valence-electron chi connectivity index (χ2n) is 7.69. The van der Waals surface area contributed by atoms with Gasteiger partial charge >= 0.3 is 6.09 Å². The highest BCUT2D eigenvalue weighted by Crippen LogP contribution is 2.66. The van der Waals surface area contributed by atoms with Gasteiger partial charge < -0.3 is 10.1 Å². The van der Waals surface area contributed by atoms with E-state index < -0.39 is 0 Å². The van der Waals surface area contributed by atoms with Gasteiger partial charge in [-0.1, -0.05) is 25.7 Å². The topological polar surface area (TPSA) is 38.3 Å². The molecule has 3 heteroatoms. The monoisotopic (exact) mass is 277 g/mol. The van der Waals surface area contributed by atoms with Crippen molar-refractivity contribution in [2.45, 2.75) is 82.8 Å². The first-order valence-corrected chi connectivity index (χ1v) is 8.74. The van der Waals surface area contributed by atoms with Gasteiger partial charge in [0.2, 0.25) is 0 Å². The molecule has 4 aliphatic rings. The average Bonchev–Trinajstić information content (AvgIpc) is 3.04. The molecule has 1 amide bonds. The first kappa shape index (κ1) is 13.0. The highest BCUT2D eigenvalue weighted by Gasteiger charge is 2.60. The second kappa shape index (κ2) is 4.92. The summed E-state index contributed by atoms with van der Waals surface area (Å²) in [5, 5.41) is 3.11. The second-order valence-corrected chi connectivity index (χ2v) is 7.69. The Morgan fingerprint density at radius 1 is 1.00 bits per heavy atom. The lowest BCUT2D eigenvalue weighted by molar-refractivity contribution is 0.0488. The van der Waals surface area contributed by atoms with Crippen LogP contribution in [0, 0.1) is 17.3 Å². The summed E-state index contributed by atoms with van der Waals surface area (Å²) in [6.07, 6.45) is 14.2. The Bertz CT molecular complexity index is 386. The molecule has 0 heterocycles. The average molecular weight is 277 g/mol. The Balaban J connectivity index is 1.33. The van der Waals surface area contributed by atoms with E-state index >= 15 is 0 Å². The molecule has 0 aromatic heterocycles. The molecular weight excluding hydrogens is 250 g/mol. The standard InChI is InChI=1S/C17H27NO2/c19-16(18-12-5-2-1-3-6-12)20-15-11-17-9-4-7-14(17)13(15)8-10-17/h12-15H,1-11H2,(H,18,19)/t13-,14-,15-,17+/m0/s1. The van der Waals surface area contributed by atoms with E-state index in [1.807, 2.05) is 0 Å². The van der Waals surface area contributed by atoms with Crippen LogP contribution in [0.15, 0.2) is 0 Å². The molecule has 0 unspecified atom stereocenters. The first-order valence-electron chi connectivity index (χ1n) is 8.74. The van der Waals surface area contributed by atoms with E-state index in [1.165, 1.54) is 51.4 Å². The van der Waals surface area contributed by atoms with Crippen molar-refractivity contribution in [3.63, 3.8) is 0 Å². The number of carbonyl (C=O) groups excluding carboxylic acids is 1. The number of alkyl carbamates (subject to hydrolysis) is 1. The minimum absolute atomic E-state index is 0.135. The van der Waals surface area contributed by atoms with Gasteiger partial charge in [-0.3, -0.25) is 0 Å². The van der Waals surface area contributed by atoms with Crippen LogP contribution in [0.4, 0.5) is 4.79 Å². The van der Waals surface area contributed by atoms with Crippen LogP contribution in [0.5, 0.6) is 0 Å². The van der Waals surface area contributed by atoms with Crippen molar-refractivity contribution in [1.29, 1.82) is 0 Å². The molecule has 0 spiro atoms. The van der Waals surface area contributed by atoms with Crippen LogP contribution in [-0.4, -0.2) is 18.2 Å². The normalized spacial score (nSPS) is 43.5. The molecule has 112 valence electrons. The number of rotatable bonds is 2. The summed E-state index contributed by atoms with van der Waals surface area (Å²) >= 11 is 0. The third-order valence-electron chi connectivity index (χ3n) is 6.74. The van der Waals surface area contributed by atoms with Crippen molar-refractivity contribution in [2.24, 2.45) is 17.3 Å². The van der Waals surface area contributed by atoms with Crippen LogP contribution in [0.25, 0.3) is 0 Å². The van der Waals surface area contributed by atoms with Crippen LogP contribution in [0.1, 0.15) is 70.6 Å². The third kappa shape index (κ3) is 2.05. The summed E-state index contributed by atoms with van der Waals surface area (Å²) in [6.45, 7) is 0. The fraction of sp³-hybridized carbons (Fsp3) is 0.941. The lowest BCUT2D eigenvalue weighted by Crippen LogP contribution is -2.39. The van der Waals surface area contributed by atoms with Crippen LogP contribution < -0.4 is 5.32 Å². The Morgan fingerprint density at radius 3 is 2.65 bits per heavy atom. The van der Waals surface area contributed by atoms with Gasteiger partial charge in [0.15, 0.2) is 0 Å². The molecule has 1 N–H and O–H groups in total. The SMILES string of the molecule is O=C(NC1CCCCC1)O[C@H]1C[C@]23CCC[C@H]2[C@@H]1CC3. The van der Waals surface area contributed by atoms with Gasteiger partial charge in [-0.25, -0.2) is 4.79 Å². The molecule has 20 heavy (non-hydrogen) atoms. The molecule has 4 aliphatic carbocycles. The maximum absolute atomic E-state index is 12.1. The maximum Gasteiger partial charge on any atom is 0.407 e. The lowest BCUT2D eigenvalue weighted by Gasteiger charge is -2.29. The van der Waals surface area contributed by atoms with Gasteiger partial charge in [-0.15, -0.1) is 0 Å². The van der Waals surface area contributed by atoms with Gasteiger partial charge in [0, 0.05) is 6.04 Å². The molecule has 0 aromatic carbocycles. The van der Waals surface area contributed by atoms with Crippen molar-refractivity contribution >= 4 is 6.09 Å². The zero-order valence-electron chi connectivity index (χ0n) is 12.4. The fourth-order valence-corrected chi connectivity index (χ4v) is 5.87. The van der Waals surface area contributed by atoms with Gasteiger partial charge in [0.25, 0.3) is 0 Å². The number of carbonyl (C=O) groups is 1. The Morgan fingerprint density at radius 2 is 1.85 bits per heavy atom. The van der Waals surface area contributed by atoms with Crippen molar-refractivity contribution in [2.75, 3.05) is 0 Å². The molecule has 4 rings (SSSR count). The molecule has 0 radical (unpaired) electrons. The van der Waals surface area contributed by atoms with Gasteiger partial charge in [-0.05, 0) is 62.2 Å². The van der Waals surface area contributed by atoms with E-state index in [-0.39, 0.29) is 12.2 Å². The van der Waals surface area contributed by atoms with E-state index in [9.17, 15) is 4.79 Å². The first-order chi connectivity index (χ1) is 9.77. The zero-order valence-corrected chi connectivity index (χ0v) is 12.4. The molecule has 2 bridgehead atoms. The molecule has 3 nitrogen and oxygen atoms in total. The van der Waals surface area contributed by atoms with Crippen LogP contribution in [-0.2, 0) is 4.74 Å². The number of hydrogen-bond donors (Lipinski definition) is 1. The van der Waals surface area contributed by atoms with Crippen molar-refractivity contribution in [3.05, 3.63) is 0 Å². The summed E-state index contributed by atoms with van der Waals surface area (Å²) < 4.78 is 5.83.